The fourth-order valence-corrected chi connectivity index (χ4v) is 5.94. The predicted molar refractivity (Wildman–Crippen MR) is 112 cm³/mol. The second-order valence-corrected chi connectivity index (χ2v) is 9.75. The van der Waals surface area contributed by atoms with Gasteiger partial charge in [0, 0.05) is 13.1 Å². The highest BCUT2D eigenvalue weighted by Crippen LogP contribution is 2.47. The Morgan fingerprint density at radius 3 is 2.37 bits per heavy atom. The fraction of sp³-hybridized carbons (Fsp3) is 0.348. The van der Waals surface area contributed by atoms with E-state index in [9.17, 15) is 13.2 Å². The molecular formula is C23H25NO5S. The molecule has 6 nitrogen and oxygen atoms in total. The lowest BCUT2D eigenvalue weighted by atomic mass is 9.89. The van der Waals surface area contributed by atoms with Gasteiger partial charge in [0.05, 0.1) is 17.9 Å². The summed E-state index contributed by atoms with van der Waals surface area (Å²) in [5.41, 5.74) is 1.03. The molecule has 158 valence electrons. The van der Waals surface area contributed by atoms with Gasteiger partial charge in [-0.25, -0.2) is 8.42 Å². The molecule has 2 aromatic carbocycles. The summed E-state index contributed by atoms with van der Waals surface area (Å²) in [5.74, 6) is -0.191. The molecule has 7 heteroatoms. The third-order valence-electron chi connectivity index (χ3n) is 6.06. The summed E-state index contributed by atoms with van der Waals surface area (Å²) in [6, 6.07) is 15.7. The van der Waals surface area contributed by atoms with Crippen LogP contribution in [0.2, 0.25) is 0 Å². The van der Waals surface area contributed by atoms with Crippen LogP contribution in [-0.4, -0.2) is 38.9 Å². The Bertz CT molecular complexity index is 1030. The van der Waals surface area contributed by atoms with Crippen LogP contribution < -0.4 is 4.74 Å². The van der Waals surface area contributed by atoms with Crippen LogP contribution in [0.4, 0.5) is 0 Å². The lowest BCUT2D eigenvalue weighted by Gasteiger charge is -2.33. The van der Waals surface area contributed by atoms with E-state index in [1.54, 1.807) is 31.3 Å². The average molecular weight is 428 g/mol. The van der Waals surface area contributed by atoms with E-state index in [2.05, 4.69) is 0 Å². The lowest BCUT2D eigenvalue weighted by Crippen LogP contribution is -2.47. The molecule has 0 radical (unpaired) electrons. The number of methoxy groups -OCH3 is 1. The van der Waals surface area contributed by atoms with Gasteiger partial charge in [0.15, 0.2) is 0 Å². The zero-order valence-corrected chi connectivity index (χ0v) is 17.8. The lowest BCUT2D eigenvalue weighted by molar-refractivity contribution is -0.147. The Morgan fingerprint density at radius 2 is 1.70 bits per heavy atom. The summed E-state index contributed by atoms with van der Waals surface area (Å²) in [5, 5.41) is 0. The monoisotopic (exact) mass is 427 g/mol. The van der Waals surface area contributed by atoms with Crippen LogP contribution in [-0.2, 0) is 26.2 Å². The first-order chi connectivity index (χ1) is 14.4. The number of nitrogens with zero attached hydrogens (tertiary/aromatic N) is 1. The summed E-state index contributed by atoms with van der Waals surface area (Å²) in [4.78, 5) is 12.5. The molecule has 30 heavy (non-hydrogen) atoms. The minimum absolute atomic E-state index is 0.0207. The van der Waals surface area contributed by atoms with Crippen molar-refractivity contribution in [1.82, 2.24) is 4.31 Å². The van der Waals surface area contributed by atoms with E-state index in [0.717, 1.165) is 12.0 Å². The van der Waals surface area contributed by atoms with Gasteiger partial charge in [0.2, 0.25) is 10.0 Å². The molecule has 4 unspecified atom stereocenters. The van der Waals surface area contributed by atoms with E-state index < -0.39 is 22.0 Å². The first-order valence-electron chi connectivity index (χ1n) is 9.93. The Balaban J connectivity index is 1.50. The summed E-state index contributed by atoms with van der Waals surface area (Å²) < 4.78 is 38.5. The molecule has 0 saturated heterocycles. The number of ether oxygens (including phenoxy) is 2. The van der Waals surface area contributed by atoms with Crippen LogP contribution in [0.25, 0.3) is 0 Å². The van der Waals surface area contributed by atoms with E-state index in [0.29, 0.717) is 12.4 Å². The van der Waals surface area contributed by atoms with Gasteiger partial charge >= 0.3 is 5.97 Å². The zero-order valence-electron chi connectivity index (χ0n) is 17.0. The van der Waals surface area contributed by atoms with E-state index in [1.165, 1.54) is 11.4 Å². The standard InChI is InChI=1S/C23H25NO5S/c1-24(22-18-9-8-17(14-18)21(22)23(25)28-2)30(26,27)20-12-10-19(11-13-20)29-15-16-6-4-3-5-7-16/h3-13,17-18,21-22H,14-15H2,1-2H3. The number of carbonyl (C=O) groups excluding carboxylic acids is 1. The molecule has 4 rings (SSSR count). The van der Waals surface area contributed by atoms with Gasteiger partial charge in [-0.05, 0) is 48.1 Å². The number of esters is 1. The predicted octanol–water partition coefficient (Wildman–Crippen LogP) is 3.25. The van der Waals surface area contributed by atoms with Gasteiger partial charge in [-0.1, -0.05) is 42.5 Å². The molecule has 0 amide bonds. The fourth-order valence-electron chi connectivity index (χ4n) is 4.52. The number of allylic oxidation sites excluding steroid dienone is 1. The zero-order chi connectivity index (χ0) is 21.3. The smallest absolute Gasteiger partial charge is 0.310 e. The SMILES string of the molecule is COC(=O)C1C2C=CC(C2)C1N(C)S(=O)(=O)c1ccc(OCc2ccccc2)cc1. The van der Waals surface area contributed by atoms with Crippen molar-refractivity contribution in [1.29, 1.82) is 0 Å². The second kappa shape index (κ2) is 8.24. The van der Waals surface area contributed by atoms with Crippen LogP contribution in [0.5, 0.6) is 5.75 Å². The topological polar surface area (TPSA) is 72.9 Å². The highest BCUT2D eigenvalue weighted by atomic mass is 32.2. The average Bonchev–Trinajstić information content (AvgIpc) is 3.39. The van der Waals surface area contributed by atoms with Crippen molar-refractivity contribution in [2.24, 2.45) is 17.8 Å². The molecule has 1 fully saturated rings. The maximum atomic E-state index is 13.3. The molecule has 0 aliphatic heterocycles. The van der Waals surface area contributed by atoms with Crippen molar-refractivity contribution in [3.05, 3.63) is 72.3 Å². The van der Waals surface area contributed by atoms with E-state index in [-0.39, 0.29) is 22.7 Å². The van der Waals surface area contributed by atoms with Crippen molar-refractivity contribution in [2.45, 2.75) is 24.0 Å². The molecule has 2 aromatic rings. The number of sulfonamides is 1. The van der Waals surface area contributed by atoms with Crippen molar-refractivity contribution < 1.29 is 22.7 Å². The van der Waals surface area contributed by atoms with Crippen molar-refractivity contribution in [3.8, 4) is 5.75 Å². The Morgan fingerprint density at radius 1 is 1.03 bits per heavy atom. The Labute approximate surface area is 177 Å². The van der Waals surface area contributed by atoms with Gasteiger partial charge in [-0.2, -0.15) is 4.31 Å². The molecule has 0 N–H and O–H groups in total. The van der Waals surface area contributed by atoms with E-state index in [1.807, 2.05) is 42.5 Å². The van der Waals surface area contributed by atoms with Crippen LogP contribution in [0, 0.1) is 17.8 Å². The minimum atomic E-state index is -3.77. The van der Waals surface area contributed by atoms with E-state index in [4.69, 9.17) is 9.47 Å². The van der Waals surface area contributed by atoms with Gasteiger partial charge in [0.25, 0.3) is 0 Å². The minimum Gasteiger partial charge on any atom is -0.489 e. The molecular weight excluding hydrogens is 402 g/mol. The largest absolute Gasteiger partial charge is 0.489 e. The normalized spacial score (nSPS) is 24.9. The number of hydrogen-bond acceptors (Lipinski definition) is 5. The van der Waals surface area contributed by atoms with Crippen molar-refractivity contribution in [2.75, 3.05) is 14.2 Å². The van der Waals surface area contributed by atoms with Crippen LogP contribution in [0.3, 0.4) is 0 Å². The third-order valence-corrected chi connectivity index (χ3v) is 7.93. The van der Waals surface area contributed by atoms with Gasteiger partial charge in [0.1, 0.15) is 12.4 Å². The number of fused-ring (bicyclic) bond motifs is 2. The maximum Gasteiger partial charge on any atom is 0.310 e. The molecule has 0 aromatic heterocycles. The molecule has 0 heterocycles. The van der Waals surface area contributed by atoms with Gasteiger partial charge in [-0.3, -0.25) is 4.79 Å². The highest BCUT2D eigenvalue weighted by Gasteiger charge is 2.52. The summed E-state index contributed by atoms with van der Waals surface area (Å²) >= 11 is 0. The molecule has 4 atom stereocenters. The second-order valence-electron chi connectivity index (χ2n) is 7.75. The van der Waals surface area contributed by atoms with Crippen LogP contribution >= 0.6 is 0 Å². The number of benzene rings is 2. The molecule has 2 aliphatic rings. The molecule has 2 bridgehead atoms. The van der Waals surface area contributed by atoms with Crippen molar-refractivity contribution >= 4 is 16.0 Å². The Kier molecular flexibility index (Phi) is 5.66. The highest BCUT2D eigenvalue weighted by molar-refractivity contribution is 7.89. The van der Waals surface area contributed by atoms with E-state index >= 15 is 0 Å². The number of hydrogen-bond donors (Lipinski definition) is 0. The van der Waals surface area contributed by atoms with Crippen LogP contribution in [0.1, 0.15) is 12.0 Å². The van der Waals surface area contributed by atoms with Gasteiger partial charge in [-0.15, -0.1) is 0 Å². The first-order valence-corrected chi connectivity index (χ1v) is 11.4. The number of carbonyl (C=O) groups is 1. The van der Waals surface area contributed by atoms with Crippen LogP contribution in [0.15, 0.2) is 71.6 Å². The number of rotatable bonds is 7. The van der Waals surface area contributed by atoms with Gasteiger partial charge < -0.3 is 9.47 Å². The molecule has 0 spiro atoms. The summed E-state index contributed by atoms with van der Waals surface area (Å²) in [7, 11) is -0.876. The summed E-state index contributed by atoms with van der Waals surface area (Å²) in [6.07, 6.45) is 4.79. The quantitative estimate of drug-likeness (QED) is 0.501. The summed E-state index contributed by atoms with van der Waals surface area (Å²) in [6.45, 7) is 0.408. The molecule has 1 saturated carbocycles. The van der Waals surface area contributed by atoms with Crippen molar-refractivity contribution in [3.63, 3.8) is 0 Å². The first kappa shape index (κ1) is 20.6. The molecule has 2 aliphatic carbocycles. The Hall–Kier alpha value is -2.64. The maximum absolute atomic E-state index is 13.3. The third kappa shape index (κ3) is 3.75.